The molecule has 47 heavy (non-hydrogen) atoms. The second-order valence-electron chi connectivity index (χ2n) is 12.3. The first-order chi connectivity index (χ1) is 22.8. The Hall–Kier alpha value is -5.05. The third-order valence-corrected chi connectivity index (χ3v) is 8.99. The number of hydrogen-bond acceptors (Lipinski definition) is 6. The van der Waals surface area contributed by atoms with Gasteiger partial charge in [-0.3, -0.25) is 9.59 Å². The highest BCUT2D eigenvalue weighted by molar-refractivity contribution is 5.89. The maximum absolute atomic E-state index is 13.0. The van der Waals surface area contributed by atoms with Crippen LogP contribution < -0.4 is 10.6 Å². The third kappa shape index (κ3) is 9.25. The van der Waals surface area contributed by atoms with Crippen LogP contribution in [-0.2, 0) is 27.4 Å². The monoisotopic (exact) mass is 634 g/mol. The number of carboxylic acids is 1. The summed E-state index contributed by atoms with van der Waals surface area (Å²) in [6, 6.07) is 23.2. The fourth-order valence-electron chi connectivity index (χ4n) is 6.00. The Morgan fingerprint density at radius 2 is 1.45 bits per heavy atom. The number of carbonyl (C=O) groups is 3. The van der Waals surface area contributed by atoms with E-state index in [1.807, 2.05) is 67.0 Å². The number of benzene rings is 3. The first-order valence-electron chi connectivity index (χ1n) is 16.3. The minimum atomic E-state index is -1.18. The lowest BCUT2D eigenvalue weighted by molar-refractivity contribution is -0.141. The molecule has 9 heteroatoms. The number of carboxylic acid groups (broad SMARTS) is 1. The molecule has 0 saturated heterocycles. The van der Waals surface area contributed by atoms with Gasteiger partial charge in [0.25, 0.3) is 0 Å². The molecule has 3 aromatic carbocycles. The fraction of sp³-hybridized carbons (Fsp3) is 0.342. The fourth-order valence-corrected chi connectivity index (χ4v) is 6.00. The number of aliphatic carboxylic acids is 1. The Kier molecular flexibility index (Phi) is 11.3. The van der Waals surface area contributed by atoms with E-state index >= 15 is 0 Å². The van der Waals surface area contributed by atoms with Gasteiger partial charge in [0.1, 0.15) is 18.7 Å². The quantitative estimate of drug-likeness (QED) is 0.154. The Balaban J connectivity index is 1.21. The topological polar surface area (TPSA) is 131 Å². The summed E-state index contributed by atoms with van der Waals surface area (Å²) in [4.78, 5) is 46.1. The number of alkyl carbamates (subject to hydrolysis) is 1. The van der Waals surface area contributed by atoms with Crippen LogP contribution in [0.25, 0.3) is 22.5 Å². The molecule has 0 spiro atoms. The predicted molar refractivity (Wildman–Crippen MR) is 180 cm³/mol. The largest absolute Gasteiger partial charge is 0.480 e. The summed E-state index contributed by atoms with van der Waals surface area (Å²) in [7, 11) is 0. The number of rotatable bonds is 12. The molecule has 1 saturated carbocycles. The van der Waals surface area contributed by atoms with Gasteiger partial charge < -0.3 is 20.5 Å². The summed E-state index contributed by atoms with van der Waals surface area (Å²) >= 11 is 0. The molecule has 1 aliphatic carbocycles. The van der Waals surface area contributed by atoms with E-state index < -0.39 is 30.1 Å². The first kappa shape index (κ1) is 33.3. The number of nitrogens with zero attached hydrogens (tertiary/aromatic N) is 2. The molecule has 0 bridgehead atoms. The summed E-state index contributed by atoms with van der Waals surface area (Å²) in [6.45, 7) is 3.69. The van der Waals surface area contributed by atoms with Gasteiger partial charge >= 0.3 is 12.1 Å². The zero-order valence-corrected chi connectivity index (χ0v) is 26.9. The van der Waals surface area contributed by atoms with Gasteiger partial charge in [-0.1, -0.05) is 92.2 Å². The Morgan fingerprint density at radius 3 is 2.06 bits per heavy atom. The van der Waals surface area contributed by atoms with Crippen molar-refractivity contribution in [3.8, 4) is 22.5 Å². The van der Waals surface area contributed by atoms with Crippen molar-refractivity contribution in [1.29, 1.82) is 0 Å². The van der Waals surface area contributed by atoms with E-state index in [2.05, 4.69) is 51.8 Å². The molecule has 4 aromatic rings. The normalized spacial score (nSPS) is 17.2. The van der Waals surface area contributed by atoms with Crippen LogP contribution in [0.1, 0.15) is 68.6 Å². The van der Waals surface area contributed by atoms with E-state index in [9.17, 15) is 19.5 Å². The Morgan fingerprint density at radius 1 is 0.809 bits per heavy atom. The number of nitrogens with one attached hydrogen (secondary N) is 2. The average molecular weight is 635 g/mol. The Bertz CT molecular complexity index is 1620. The first-order valence-corrected chi connectivity index (χ1v) is 16.3. The number of carbonyl (C=O) groups excluding carboxylic acids is 2. The van der Waals surface area contributed by atoms with Crippen LogP contribution in [0, 0.1) is 5.92 Å². The van der Waals surface area contributed by atoms with Gasteiger partial charge in [-0.25, -0.2) is 14.8 Å². The standard InChI is InChI=1S/C38H42N4O5/c1-3-26-9-13-29(14-10-26)30-17-19-31(20-18-30)33-22-39-35(40-23-33)32-15-11-27(12-16-32)21-34(36(43)41-25(2)37(44)45)42-38(46)47-24-28-7-5-4-6-8-28/h4-8,11-12,15-20,22-23,25-26,29,34H,3,9-10,13-14,21,24H2,1-2H3,(H,41,43)(H,42,46)(H,44,45). The molecule has 2 amide bonds. The SMILES string of the molecule is CCC1CCC(c2ccc(-c3cnc(-c4ccc(CC(NC(=O)OCc5ccccc5)C(=O)NC(C)C(=O)O)cc4)nc3)cc2)CC1. The van der Waals surface area contributed by atoms with Gasteiger partial charge in [0, 0.05) is 29.9 Å². The molecule has 1 heterocycles. The van der Waals surface area contributed by atoms with Crippen molar-refractivity contribution < 1.29 is 24.2 Å². The van der Waals surface area contributed by atoms with Gasteiger partial charge in [0.05, 0.1) is 0 Å². The molecular weight excluding hydrogens is 592 g/mol. The van der Waals surface area contributed by atoms with E-state index in [1.54, 1.807) is 0 Å². The summed E-state index contributed by atoms with van der Waals surface area (Å²) in [5, 5.41) is 14.3. The number of amides is 2. The predicted octanol–water partition coefficient (Wildman–Crippen LogP) is 6.92. The highest BCUT2D eigenvalue weighted by atomic mass is 16.5. The van der Waals surface area contributed by atoms with E-state index in [0.717, 1.165) is 33.7 Å². The van der Waals surface area contributed by atoms with E-state index in [0.29, 0.717) is 11.7 Å². The van der Waals surface area contributed by atoms with Gasteiger partial charge in [0.2, 0.25) is 5.91 Å². The zero-order valence-electron chi connectivity index (χ0n) is 26.9. The summed E-state index contributed by atoms with van der Waals surface area (Å²) in [5.74, 6) is 0.290. The van der Waals surface area contributed by atoms with Crippen molar-refractivity contribution in [2.24, 2.45) is 5.92 Å². The van der Waals surface area contributed by atoms with Crippen LogP contribution in [0.5, 0.6) is 0 Å². The number of ether oxygens (including phenoxy) is 1. The van der Waals surface area contributed by atoms with Crippen molar-refractivity contribution in [3.05, 3.63) is 108 Å². The maximum Gasteiger partial charge on any atom is 0.408 e. The minimum absolute atomic E-state index is 0.0330. The van der Waals surface area contributed by atoms with Crippen LogP contribution in [0.15, 0.2) is 91.3 Å². The second-order valence-corrected chi connectivity index (χ2v) is 12.3. The molecule has 1 fully saturated rings. The molecule has 1 aromatic heterocycles. The Labute approximate surface area is 275 Å². The lowest BCUT2D eigenvalue weighted by Gasteiger charge is -2.28. The molecular formula is C38H42N4O5. The van der Waals surface area contributed by atoms with Crippen LogP contribution in [0.3, 0.4) is 0 Å². The number of aromatic nitrogens is 2. The van der Waals surface area contributed by atoms with E-state index in [1.165, 1.54) is 44.6 Å². The zero-order chi connectivity index (χ0) is 33.2. The van der Waals surface area contributed by atoms with Crippen molar-refractivity contribution in [3.63, 3.8) is 0 Å². The lowest BCUT2D eigenvalue weighted by atomic mass is 9.78. The minimum Gasteiger partial charge on any atom is -0.480 e. The summed E-state index contributed by atoms with van der Waals surface area (Å²) in [6.07, 6.45) is 9.45. The molecule has 2 atom stereocenters. The molecule has 9 nitrogen and oxygen atoms in total. The van der Waals surface area contributed by atoms with Crippen LogP contribution >= 0.6 is 0 Å². The van der Waals surface area contributed by atoms with Gasteiger partial charge in [0.15, 0.2) is 5.82 Å². The van der Waals surface area contributed by atoms with Crippen LogP contribution in [0.2, 0.25) is 0 Å². The van der Waals surface area contributed by atoms with E-state index in [-0.39, 0.29) is 13.0 Å². The van der Waals surface area contributed by atoms with Crippen molar-refractivity contribution >= 4 is 18.0 Å². The molecule has 2 unspecified atom stereocenters. The van der Waals surface area contributed by atoms with Crippen LogP contribution in [-0.4, -0.2) is 45.1 Å². The molecule has 1 aliphatic rings. The van der Waals surface area contributed by atoms with Crippen molar-refractivity contribution in [1.82, 2.24) is 20.6 Å². The lowest BCUT2D eigenvalue weighted by Crippen LogP contribution is -2.51. The average Bonchev–Trinajstić information content (AvgIpc) is 3.11. The van der Waals surface area contributed by atoms with Crippen molar-refractivity contribution in [2.45, 2.75) is 77.0 Å². The summed E-state index contributed by atoms with van der Waals surface area (Å²) in [5.41, 5.74) is 5.78. The maximum atomic E-state index is 13.0. The molecule has 0 radical (unpaired) electrons. The highest BCUT2D eigenvalue weighted by Crippen LogP contribution is 2.37. The third-order valence-electron chi connectivity index (χ3n) is 8.99. The summed E-state index contributed by atoms with van der Waals surface area (Å²) < 4.78 is 5.30. The highest BCUT2D eigenvalue weighted by Gasteiger charge is 2.25. The van der Waals surface area contributed by atoms with Gasteiger partial charge in [-0.15, -0.1) is 0 Å². The smallest absolute Gasteiger partial charge is 0.408 e. The van der Waals surface area contributed by atoms with E-state index in [4.69, 9.17) is 4.74 Å². The molecule has 3 N–H and O–H groups in total. The molecule has 244 valence electrons. The van der Waals surface area contributed by atoms with Crippen molar-refractivity contribution in [2.75, 3.05) is 0 Å². The second kappa shape index (κ2) is 16.0. The number of hydrogen-bond donors (Lipinski definition) is 3. The van der Waals surface area contributed by atoms with Crippen LogP contribution in [0.4, 0.5) is 4.79 Å². The molecule has 5 rings (SSSR count). The molecule has 0 aliphatic heterocycles. The van der Waals surface area contributed by atoms with Gasteiger partial charge in [-0.2, -0.15) is 0 Å². The van der Waals surface area contributed by atoms with Gasteiger partial charge in [-0.05, 0) is 66.7 Å².